The van der Waals surface area contributed by atoms with Crippen molar-refractivity contribution in [3.8, 4) is 0 Å². The van der Waals surface area contributed by atoms with E-state index >= 15 is 0 Å². The van der Waals surface area contributed by atoms with Gasteiger partial charge in [-0.3, -0.25) is 14.4 Å². The van der Waals surface area contributed by atoms with Crippen LogP contribution in [0.1, 0.15) is 33.6 Å². The summed E-state index contributed by atoms with van der Waals surface area (Å²) in [7, 11) is 0. The second-order valence-corrected chi connectivity index (χ2v) is 12.6. The SMILES string of the molecule is C=CCN(C(=O)C1N([C@@H](CO)[C@@H](C)CC)C(=O)[C@@H]2[C@@H](C(=O)O)[C@H]3CC(C)C12S3)c1ccc2ccccc2c1. The number of hydrogen-bond acceptors (Lipinski definition) is 5. The van der Waals surface area contributed by atoms with Crippen LogP contribution in [-0.4, -0.2) is 68.1 Å². The molecule has 0 radical (unpaired) electrons. The number of thioether (sulfide) groups is 1. The number of carbonyl (C=O) groups excluding carboxylic acids is 2. The van der Waals surface area contributed by atoms with E-state index in [2.05, 4.69) is 6.58 Å². The highest BCUT2D eigenvalue weighted by atomic mass is 32.2. The number of aliphatic hydroxyl groups excluding tert-OH is 1. The summed E-state index contributed by atoms with van der Waals surface area (Å²) in [6, 6.07) is 12.3. The van der Waals surface area contributed by atoms with E-state index in [9.17, 15) is 24.6 Å². The van der Waals surface area contributed by atoms with Crippen molar-refractivity contribution >= 4 is 46.0 Å². The quantitative estimate of drug-likeness (QED) is 0.467. The molecular weight excluding hydrogens is 500 g/mol. The van der Waals surface area contributed by atoms with Crippen molar-refractivity contribution in [2.45, 2.75) is 55.7 Å². The molecule has 3 fully saturated rings. The number of rotatable bonds is 9. The summed E-state index contributed by atoms with van der Waals surface area (Å²) in [5.41, 5.74) is 0.699. The lowest BCUT2D eigenvalue weighted by Crippen LogP contribution is -2.60. The minimum Gasteiger partial charge on any atom is -0.481 e. The van der Waals surface area contributed by atoms with Gasteiger partial charge in [0.25, 0.3) is 5.91 Å². The molecule has 1 spiro atoms. The third-order valence-corrected chi connectivity index (χ3v) is 11.2. The first-order chi connectivity index (χ1) is 18.2. The molecule has 2 bridgehead atoms. The van der Waals surface area contributed by atoms with Gasteiger partial charge in [-0.15, -0.1) is 18.3 Å². The predicted octanol–water partition coefficient (Wildman–Crippen LogP) is 4.19. The second-order valence-electron chi connectivity index (χ2n) is 11.0. The first kappa shape index (κ1) is 26.8. The van der Waals surface area contributed by atoms with Crippen molar-refractivity contribution < 1.29 is 24.6 Å². The number of amides is 2. The number of likely N-dealkylation sites (tertiary alicyclic amines) is 1. The number of carbonyl (C=O) groups is 3. The molecule has 3 aliphatic rings. The van der Waals surface area contributed by atoms with Gasteiger partial charge in [-0.05, 0) is 41.2 Å². The Balaban J connectivity index is 1.66. The van der Waals surface area contributed by atoms with Crippen LogP contribution in [0.15, 0.2) is 55.1 Å². The molecule has 3 heterocycles. The van der Waals surface area contributed by atoms with Crippen LogP contribution in [0.5, 0.6) is 0 Å². The number of benzene rings is 2. The molecule has 8 atom stereocenters. The van der Waals surface area contributed by atoms with Crippen LogP contribution in [0.2, 0.25) is 0 Å². The summed E-state index contributed by atoms with van der Waals surface area (Å²) in [6.07, 6.45) is 3.03. The lowest BCUT2D eigenvalue weighted by Gasteiger charge is -2.43. The zero-order valence-electron chi connectivity index (χ0n) is 22.1. The first-order valence-electron chi connectivity index (χ1n) is 13.5. The summed E-state index contributed by atoms with van der Waals surface area (Å²) in [5.74, 6) is -3.27. The molecule has 0 aliphatic carbocycles. The Hall–Kier alpha value is -2.84. The van der Waals surface area contributed by atoms with E-state index in [4.69, 9.17) is 0 Å². The average molecular weight is 537 g/mol. The van der Waals surface area contributed by atoms with E-state index in [1.165, 1.54) is 11.8 Å². The van der Waals surface area contributed by atoms with Crippen molar-refractivity contribution in [3.05, 3.63) is 55.1 Å². The summed E-state index contributed by atoms with van der Waals surface area (Å²) >= 11 is 1.52. The maximum absolute atomic E-state index is 14.7. The number of aliphatic carboxylic acids is 1. The van der Waals surface area contributed by atoms with Crippen LogP contribution in [0.4, 0.5) is 5.69 Å². The lowest BCUT2D eigenvalue weighted by atomic mass is 9.66. The molecule has 8 heteroatoms. The molecule has 0 aromatic heterocycles. The van der Waals surface area contributed by atoms with Crippen LogP contribution >= 0.6 is 11.8 Å². The number of carboxylic acids is 1. The van der Waals surface area contributed by atoms with Gasteiger partial charge in [-0.1, -0.05) is 63.6 Å². The smallest absolute Gasteiger partial charge is 0.308 e. The Morgan fingerprint density at radius 1 is 1.26 bits per heavy atom. The largest absolute Gasteiger partial charge is 0.481 e. The number of anilines is 1. The fourth-order valence-electron chi connectivity index (χ4n) is 7.14. The Morgan fingerprint density at radius 3 is 2.61 bits per heavy atom. The van der Waals surface area contributed by atoms with E-state index in [1.807, 2.05) is 63.2 Å². The third-order valence-electron chi connectivity index (χ3n) is 9.17. The molecule has 2 aromatic rings. The number of nitrogens with zero attached hydrogens (tertiary/aromatic N) is 2. The van der Waals surface area contributed by atoms with Crippen LogP contribution < -0.4 is 4.90 Å². The highest BCUT2D eigenvalue weighted by molar-refractivity contribution is 8.02. The molecule has 2 N–H and O–H groups in total. The van der Waals surface area contributed by atoms with Crippen molar-refractivity contribution in [3.63, 3.8) is 0 Å². The van der Waals surface area contributed by atoms with Crippen molar-refractivity contribution in [1.29, 1.82) is 0 Å². The maximum atomic E-state index is 14.7. The average Bonchev–Trinajstić information content (AvgIpc) is 3.51. The monoisotopic (exact) mass is 536 g/mol. The first-order valence-corrected chi connectivity index (χ1v) is 14.3. The van der Waals surface area contributed by atoms with E-state index in [0.29, 0.717) is 18.5 Å². The topological polar surface area (TPSA) is 98.2 Å². The van der Waals surface area contributed by atoms with Crippen LogP contribution in [0.3, 0.4) is 0 Å². The molecule has 3 aliphatic heterocycles. The highest BCUT2D eigenvalue weighted by Crippen LogP contribution is 2.69. The summed E-state index contributed by atoms with van der Waals surface area (Å²) in [4.78, 5) is 44.6. The van der Waals surface area contributed by atoms with Gasteiger partial charge >= 0.3 is 5.97 Å². The van der Waals surface area contributed by atoms with Crippen LogP contribution in [0.25, 0.3) is 10.8 Å². The molecule has 2 aromatic carbocycles. The van der Waals surface area contributed by atoms with E-state index in [1.54, 1.807) is 15.9 Å². The Morgan fingerprint density at radius 2 is 1.97 bits per heavy atom. The number of hydrogen-bond donors (Lipinski definition) is 2. The predicted molar refractivity (Wildman–Crippen MR) is 150 cm³/mol. The van der Waals surface area contributed by atoms with Crippen LogP contribution in [0, 0.1) is 23.7 Å². The molecule has 3 saturated heterocycles. The standard InChI is InChI=1S/C30H36N2O5S/c1-5-13-31(21-12-11-19-9-7-8-10-20(19)15-21)28(35)26-30-18(4)14-23(38-30)24(29(36)37)25(30)27(34)32(26)22(16-33)17(3)6-2/h5,7-12,15,17-18,22-26,33H,1,6,13-14,16H2,2-4H3,(H,36,37)/t17-,18?,22-,23+,24-,25-,26?,30?/m0/s1. The molecule has 5 rings (SSSR count). The van der Waals surface area contributed by atoms with Gasteiger partial charge in [-0.2, -0.15) is 0 Å². The molecule has 0 saturated carbocycles. The fraction of sp³-hybridized carbons (Fsp3) is 0.500. The van der Waals surface area contributed by atoms with Gasteiger partial charge < -0.3 is 20.0 Å². The molecule has 3 unspecified atom stereocenters. The fourth-order valence-corrected chi connectivity index (χ4v) is 9.53. The third kappa shape index (κ3) is 3.79. The molecule has 38 heavy (non-hydrogen) atoms. The lowest BCUT2D eigenvalue weighted by molar-refractivity contribution is -0.150. The van der Waals surface area contributed by atoms with E-state index < -0.39 is 34.6 Å². The zero-order valence-corrected chi connectivity index (χ0v) is 22.9. The summed E-state index contributed by atoms with van der Waals surface area (Å²) in [5, 5.41) is 22.5. The zero-order chi connectivity index (χ0) is 27.4. The summed E-state index contributed by atoms with van der Waals surface area (Å²) in [6.45, 7) is 9.85. The summed E-state index contributed by atoms with van der Waals surface area (Å²) < 4.78 is -0.862. The normalized spacial score (nSPS) is 31.3. The second kappa shape index (κ2) is 10.0. The molecule has 7 nitrogen and oxygen atoms in total. The Bertz CT molecular complexity index is 1280. The van der Waals surface area contributed by atoms with Crippen molar-refractivity contribution in [2.75, 3.05) is 18.1 Å². The van der Waals surface area contributed by atoms with Gasteiger partial charge in [0, 0.05) is 17.5 Å². The highest BCUT2D eigenvalue weighted by Gasteiger charge is 2.77. The maximum Gasteiger partial charge on any atom is 0.308 e. The Kier molecular flexibility index (Phi) is 7.07. The van der Waals surface area contributed by atoms with Gasteiger partial charge in [0.15, 0.2) is 0 Å². The number of fused-ring (bicyclic) bond motifs is 2. The van der Waals surface area contributed by atoms with Gasteiger partial charge in [0.05, 0.1) is 29.2 Å². The van der Waals surface area contributed by atoms with Crippen molar-refractivity contribution in [1.82, 2.24) is 4.90 Å². The Labute approximate surface area is 227 Å². The number of aliphatic hydroxyl groups is 1. The minimum absolute atomic E-state index is 0.0283. The van der Waals surface area contributed by atoms with Crippen LogP contribution in [-0.2, 0) is 14.4 Å². The molecule has 2 amide bonds. The molecular formula is C30H36N2O5S. The van der Waals surface area contributed by atoms with E-state index in [-0.39, 0.29) is 42.1 Å². The van der Waals surface area contributed by atoms with E-state index in [0.717, 1.165) is 10.8 Å². The van der Waals surface area contributed by atoms with Gasteiger partial charge in [-0.25, -0.2) is 0 Å². The minimum atomic E-state index is -0.982. The van der Waals surface area contributed by atoms with Crippen molar-refractivity contribution in [2.24, 2.45) is 23.7 Å². The number of carboxylic acid groups (broad SMARTS) is 1. The molecule has 202 valence electrons. The van der Waals surface area contributed by atoms with Gasteiger partial charge in [0.2, 0.25) is 5.91 Å². The van der Waals surface area contributed by atoms with Gasteiger partial charge in [0.1, 0.15) is 6.04 Å².